The Morgan fingerprint density at radius 3 is 2.62 bits per heavy atom. The minimum Gasteiger partial charge on any atom is -0.272 e. The molecule has 0 bridgehead atoms. The van der Waals surface area contributed by atoms with E-state index in [0.717, 1.165) is 5.71 Å². The van der Waals surface area contributed by atoms with Gasteiger partial charge < -0.3 is 0 Å². The standard InChI is InChI=1S/C8H8N4O/c1-6-5-7(13)12(11-6)8-9-3-2-4-10-8/h2-4H,5H2,1H3. The van der Waals surface area contributed by atoms with Gasteiger partial charge in [0.05, 0.1) is 6.42 Å². The lowest BCUT2D eigenvalue weighted by Gasteiger charge is -2.07. The van der Waals surface area contributed by atoms with Crippen LogP contribution in [-0.4, -0.2) is 21.6 Å². The summed E-state index contributed by atoms with van der Waals surface area (Å²) in [5.74, 6) is 0.257. The molecular formula is C8H8N4O. The van der Waals surface area contributed by atoms with E-state index in [2.05, 4.69) is 15.1 Å². The Morgan fingerprint density at radius 2 is 2.08 bits per heavy atom. The monoisotopic (exact) mass is 176 g/mol. The van der Waals surface area contributed by atoms with Crippen molar-refractivity contribution in [3.8, 4) is 0 Å². The van der Waals surface area contributed by atoms with Gasteiger partial charge in [-0.25, -0.2) is 9.97 Å². The quantitative estimate of drug-likeness (QED) is 0.629. The third-order valence-corrected chi connectivity index (χ3v) is 1.66. The zero-order chi connectivity index (χ0) is 9.26. The van der Waals surface area contributed by atoms with Crippen molar-refractivity contribution >= 4 is 17.6 Å². The van der Waals surface area contributed by atoms with Gasteiger partial charge in [0, 0.05) is 18.1 Å². The van der Waals surface area contributed by atoms with E-state index in [9.17, 15) is 4.79 Å². The van der Waals surface area contributed by atoms with Crippen molar-refractivity contribution in [2.24, 2.45) is 5.10 Å². The van der Waals surface area contributed by atoms with E-state index in [1.54, 1.807) is 25.4 Å². The van der Waals surface area contributed by atoms with Crippen molar-refractivity contribution in [1.29, 1.82) is 0 Å². The first-order valence-corrected chi connectivity index (χ1v) is 3.91. The van der Waals surface area contributed by atoms with Crippen molar-refractivity contribution in [2.45, 2.75) is 13.3 Å². The molecule has 2 heterocycles. The number of anilines is 1. The summed E-state index contributed by atoms with van der Waals surface area (Å²) in [6.45, 7) is 1.81. The summed E-state index contributed by atoms with van der Waals surface area (Å²) in [5.41, 5.74) is 0.789. The molecule has 0 aliphatic carbocycles. The van der Waals surface area contributed by atoms with Gasteiger partial charge in [-0.15, -0.1) is 0 Å². The normalized spacial score (nSPS) is 16.2. The molecule has 0 saturated carbocycles. The molecule has 1 aromatic rings. The van der Waals surface area contributed by atoms with E-state index < -0.39 is 0 Å². The number of hydrogen-bond acceptors (Lipinski definition) is 4. The number of hydrogen-bond donors (Lipinski definition) is 0. The van der Waals surface area contributed by atoms with Gasteiger partial charge in [0.15, 0.2) is 0 Å². The van der Waals surface area contributed by atoms with Gasteiger partial charge in [-0.05, 0) is 13.0 Å². The Morgan fingerprint density at radius 1 is 1.38 bits per heavy atom. The number of carbonyl (C=O) groups excluding carboxylic acids is 1. The number of nitrogens with zero attached hydrogens (tertiary/aromatic N) is 4. The lowest BCUT2D eigenvalue weighted by atomic mass is 10.3. The maximum absolute atomic E-state index is 11.3. The number of aromatic nitrogens is 2. The Balaban J connectivity index is 2.33. The average Bonchev–Trinajstić information content (AvgIpc) is 2.47. The molecule has 1 aliphatic rings. The summed E-state index contributed by atoms with van der Waals surface area (Å²) in [6, 6.07) is 1.70. The molecule has 5 nitrogen and oxygen atoms in total. The second-order valence-electron chi connectivity index (χ2n) is 2.77. The molecule has 2 rings (SSSR count). The van der Waals surface area contributed by atoms with Crippen LogP contribution in [0.4, 0.5) is 5.95 Å². The topological polar surface area (TPSA) is 58.5 Å². The Labute approximate surface area is 75.1 Å². The minimum atomic E-state index is -0.0799. The van der Waals surface area contributed by atoms with Crippen LogP contribution in [0.1, 0.15) is 13.3 Å². The number of rotatable bonds is 1. The summed E-state index contributed by atoms with van der Waals surface area (Å²) in [4.78, 5) is 19.2. The zero-order valence-corrected chi connectivity index (χ0v) is 7.14. The van der Waals surface area contributed by atoms with Crippen LogP contribution in [0.2, 0.25) is 0 Å². The average molecular weight is 176 g/mol. The van der Waals surface area contributed by atoms with Crippen molar-refractivity contribution in [2.75, 3.05) is 5.01 Å². The van der Waals surface area contributed by atoms with Crippen LogP contribution in [0.25, 0.3) is 0 Å². The van der Waals surface area contributed by atoms with Crippen LogP contribution in [-0.2, 0) is 4.79 Å². The molecule has 1 aromatic heterocycles. The molecular weight excluding hydrogens is 168 g/mol. The molecule has 0 spiro atoms. The van der Waals surface area contributed by atoms with E-state index in [-0.39, 0.29) is 5.91 Å². The molecule has 1 aliphatic heterocycles. The SMILES string of the molecule is CC1=NN(c2ncccn2)C(=O)C1. The van der Waals surface area contributed by atoms with Crippen LogP contribution in [0, 0.1) is 0 Å². The molecule has 5 heteroatoms. The highest BCUT2D eigenvalue weighted by atomic mass is 16.2. The van der Waals surface area contributed by atoms with Crippen LogP contribution in [0.15, 0.2) is 23.6 Å². The molecule has 1 amide bonds. The van der Waals surface area contributed by atoms with Crippen LogP contribution in [0.3, 0.4) is 0 Å². The summed E-state index contributed by atoms with van der Waals surface area (Å²) >= 11 is 0. The van der Waals surface area contributed by atoms with Crippen LogP contribution in [0.5, 0.6) is 0 Å². The second kappa shape index (κ2) is 2.93. The smallest absolute Gasteiger partial charge is 0.255 e. The van der Waals surface area contributed by atoms with Crippen molar-refractivity contribution in [3.05, 3.63) is 18.5 Å². The Kier molecular flexibility index (Phi) is 1.77. The minimum absolute atomic E-state index is 0.0799. The van der Waals surface area contributed by atoms with E-state index in [0.29, 0.717) is 12.4 Å². The molecule has 0 aromatic carbocycles. The Hall–Kier alpha value is -1.78. The van der Waals surface area contributed by atoms with E-state index in [4.69, 9.17) is 0 Å². The van der Waals surface area contributed by atoms with Gasteiger partial charge in [-0.3, -0.25) is 4.79 Å². The van der Waals surface area contributed by atoms with Crippen LogP contribution < -0.4 is 5.01 Å². The third-order valence-electron chi connectivity index (χ3n) is 1.66. The third kappa shape index (κ3) is 1.40. The molecule has 0 N–H and O–H groups in total. The zero-order valence-electron chi connectivity index (χ0n) is 7.14. The molecule has 0 radical (unpaired) electrons. The molecule has 66 valence electrons. The lowest BCUT2D eigenvalue weighted by molar-refractivity contribution is -0.117. The largest absolute Gasteiger partial charge is 0.272 e. The first kappa shape index (κ1) is 7.85. The number of hydrazone groups is 1. The number of carbonyl (C=O) groups is 1. The van der Waals surface area contributed by atoms with Crippen LogP contribution >= 0.6 is 0 Å². The predicted octanol–water partition coefficient (Wildman–Crippen LogP) is 0.589. The molecule has 0 fully saturated rings. The fraction of sp³-hybridized carbons (Fsp3) is 0.250. The van der Waals surface area contributed by atoms with Gasteiger partial charge in [0.2, 0.25) is 0 Å². The predicted molar refractivity (Wildman–Crippen MR) is 47.2 cm³/mol. The fourth-order valence-corrected chi connectivity index (χ4v) is 1.11. The maximum Gasteiger partial charge on any atom is 0.255 e. The van der Waals surface area contributed by atoms with Crippen molar-refractivity contribution in [3.63, 3.8) is 0 Å². The fourth-order valence-electron chi connectivity index (χ4n) is 1.11. The molecule has 0 unspecified atom stereocenters. The summed E-state index contributed by atoms with van der Waals surface area (Å²) < 4.78 is 0. The van der Waals surface area contributed by atoms with E-state index >= 15 is 0 Å². The molecule has 0 saturated heterocycles. The summed E-state index contributed by atoms with van der Waals surface area (Å²) in [5, 5.41) is 5.25. The highest BCUT2D eigenvalue weighted by Gasteiger charge is 2.24. The van der Waals surface area contributed by atoms with E-state index in [1.165, 1.54) is 5.01 Å². The Bertz CT molecular complexity index is 360. The van der Waals surface area contributed by atoms with Gasteiger partial charge >= 0.3 is 0 Å². The maximum atomic E-state index is 11.3. The number of amides is 1. The van der Waals surface area contributed by atoms with Gasteiger partial charge in [0.25, 0.3) is 11.9 Å². The molecule has 0 atom stereocenters. The van der Waals surface area contributed by atoms with E-state index in [1.807, 2.05) is 0 Å². The summed E-state index contributed by atoms with van der Waals surface area (Å²) in [7, 11) is 0. The van der Waals surface area contributed by atoms with Gasteiger partial charge in [-0.1, -0.05) is 0 Å². The van der Waals surface area contributed by atoms with Gasteiger partial charge in [-0.2, -0.15) is 10.1 Å². The lowest BCUT2D eigenvalue weighted by Crippen LogP contribution is -2.21. The van der Waals surface area contributed by atoms with Crippen molar-refractivity contribution < 1.29 is 4.79 Å². The first-order chi connectivity index (χ1) is 6.27. The van der Waals surface area contributed by atoms with Crippen molar-refractivity contribution in [1.82, 2.24) is 9.97 Å². The second-order valence-corrected chi connectivity index (χ2v) is 2.77. The highest BCUT2D eigenvalue weighted by molar-refractivity contribution is 6.11. The molecule has 13 heavy (non-hydrogen) atoms. The highest BCUT2D eigenvalue weighted by Crippen LogP contribution is 2.14. The van der Waals surface area contributed by atoms with Gasteiger partial charge in [0.1, 0.15) is 0 Å². The summed E-state index contributed by atoms with van der Waals surface area (Å²) in [6.07, 6.45) is 3.52. The first-order valence-electron chi connectivity index (χ1n) is 3.91.